The Morgan fingerprint density at radius 1 is 0.850 bits per heavy atom. The molecule has 0 aliphatic carbocycles. The number of urea groups is 1. The third-order valence-corrected chi connectivity index (χ3v) is 7.54. The first kappa shape index (κ1) is 27.1. The predicted octanol–water partition coefficient (Wildman–Crippen LogP) is 6.51. The minimum absolute atomic E-state index is 0.265. The lowest BCUT2D eigenvalue weighted by atomic mass is 9.76. The van der Waals surface area contributed by atoms with E-state index < -0.39 is 41.7 Å². The SMILES string of the molecule is Cc1cccc(C(=O)C2C(c3ccc(F)cc3)C(C(N)=O)N(C(=O)Nc3ccccc3)C2c2ccc(Cl)cc2)c1. The molecule has 1 aliphatic heterocycles. The quantitative estimate of drug-likeness (QED) is 0.265. The van der Waals surface area contributed by atoms with Gasteiger partial charge < -0.3 is 16.0 Å². The Labute approximate surface area is 236 Å². The van der Waals surface area contributed by atoms with Gasteiger partial charge >= 0.3 is 6.03 Å². The minimum atomic E-state index is -1.21. The molecule has 3 amide bonds. The van der Waals surface area contributed by atoms with Crippen LogP contribution in [-0.2, 0) is 4.79 Å². The fourth-order valence-electron chi connectivity index (χ4n) is 5.59. The maximum absolute atomic E-state index is 14.4. The van der Waals surface area contributed by atoms with E-state index in [0.717, 1.165) is 5.56 Å². The Bertz CT molecular complexity index is 1540. The van der Waals surface area contributed by atoms with Crippen LogP contribution in [0.1, 0.15) is 39.0 Å². The summed E-state index contributed by atoms with van der Waals surface area (Å²) in [6, 6.07) is 25.7. The monoisotopic (exact) mass is 555 g/mol. The van der Waals surface area contributed by atoms with E-state index in [-0.39, 0.29) is 5.78 Å². The number of likely N-dealkylation sites (tertiary alicyclic amines) is 1. The molecule has 4 aromatic rings. The van der Waals surface area contributed by atoms with Crippen molar-refractivity contribution in [1.29, 1.82) is 0 Å². The van der Waals surface area contributed by atoms with Crippen LogP contribution in [0.5, 0.6) is 0 Å². The van der Waals surface area contributed by atoms with Crippen LogP contribution >= 0.6 is 11.6 Å². The van der Waals surface area contributed by atoms with E-state index in [1.807, 2.05) is 19.1 Å². The zero-order valence-corrected chi connectivity index (χ0v) is 22.4. The number of primary amides is 1. The van der Waals surface area contributed by atoms with E-state index in [1.165, 1.54) is 29.2 Å². The van der Waals surface area contributed by atoms with E-state index in [4.69, 9.17) is 17.3 Å². The average molecular weight is 556 g/mol. The van der Waals surface area contributed by atoms with Gasteiger partial charge in [0.05, 0.1) is 12.0 Å². The third kappa shape index (κ3) is 5.33. The molecule has 4 atom stereocenters. The summed E-state index contributed by atoms with van der Waals surface area (Å²) in [5.41, 5.74) is 8.96. The molecular formula is C32H27ClFN3O3. The van der Waals surface area contributed by atoms with E-state index >= 15 is 0 Å². The van der Waals surface area contributed by atoms with Crippen LogP contribution in [-0.4, -0.2) is 28.7 Å². The van der Waals surface area contributed by atoms with Crippen LogP contribution in [0.15, 0.2) is 103 Å². The van der Waals surface area contributed by atoms with Gasteiger partial charge in [-0.3, -0.25) is 9.59 Å². The lowest BCUT2D eigenvalue weighted by molar-refractivity contribution is -0.122. The Hall–Kier alpha value is -4.49. The number of hydrogen-bond donors (Lipinski definition) is 2. The van der Waals surface area contributed by atoms with Crippen LogP contribution in [0.25, 0.3) is 0 Å². The number of benzene rings is 4. The first-order chi connectivity index (χ1) is 19.2. The van der Waals surface area contributed by atoms with Crippen molar-refractivity contribution in [1.82, 2.24) is 4.90 Å². The Balaban J connectivity index is 1.73. The highest BCUT2D eigenvalue weighted by molar-refractivity contribution is 6.30. The number of nitrogens with zero attached hydrogens (tertiary/aromatic N) is 1. The highest BCUT2D eigenvalue weighted by atomic mass is 35.5. The summed E-state index contributed by atoms with van der Waals surface area (Å²) >= 11 is 6.19. The fraction of sp³-hybridized carbons (Fsp3) is 0.156. The van der Waals surface area contributed by atoms with Gasteiger partial charge in [-0.15, -0.1) is 0 Å². The molecule has 4 unspecified atom stereocenters. The molecule has 0 spiro atoms. The summed E-state index contributed by atoms with van der Waals surface area (Å²) in [5.74, 6) is -3.29. The van der Waals surface area contributed by atoms with Crippen molar-refractivity contribution < 1.29 is 18.8 Å². The molecule has 40 heavy (non-hydrogen) atoms. The number of anilines is 1. The van der Waals surface area contributed by atoms with Crippen LogP contribution in [0.3, 0.4) is 0 Å². The number of rotatable bonds is 6. The molecule has 202 valence electrons. The number of ketones is 1. The van der Waals surface area contributed by atoms with Crippen LogP contribution in [0, 0.1) is 18.7 Å². The molecule has 1 aliphatic rings. The maximum Gasteiger partial charge on any atom is 0.323 e. The zero-order valence-electron chi connectivity index (χ0n) is 21.6. The molecule has 1 fully saturated rings. The maximum atomic E-state index is 14.4. The second-order valence-electron chi connectivity index (χ2n) is 9.88. The van der Waals surface area contributed by atoms with Crippen LogP contribution < -0.4 is 11.1 Å². The number of carbonyl (C=O) groups excluding carboxylic acids is 3. The van der Waals surface area contributed by atoms with Crippen molar-refractivity contribution in [2.45, 2.75) is 24.9 Å². The zero-order chi connectivity index (χ0) is 28.4. The smallest absolute Gasteiger partial charge is 0.323 e. The molecule has 5 rings (SSSR count). The van der Waals surface area contributed by atoms with Gasteiger partial charge in [-0.05, 0) is 60.5 Å². The molecule has 1 heterocycles. The predicted molar refractivity (Wildman–Crippen MR) is 153 cm³/mol. The largest absolute Gasteiger partial charge is 0.368 e. The van der Waals surface area contributed by atoms with E-state index in [9.17, 15) is 18.8 Å². The lowest BCUT2D eigenvalue weighted by Crippen LogP contribution is -2.48. The molecule has 4 aromatic carbocycles. The minimum Gasteiger partial charge on any atom is -0.368 e. The van der Waals surface area contributed by atoms with Crippen molar-refractivity contribution >= 4 is 35.0 Å². The number of halogens is 2. The summed E-state index contributed by atoms with van der Waals surface area (Å²) in [6.45, 7) is 1.88. The summed E-state index contributed by atoms with van der Waals surface area (Å²) in [4.78, 5) is 42.9. The number of para-hydroxylation sites is 1. The van der Waals surface area contributed by atoms with Gasteiger partial charge in [-0.1, -0.05) is 77.8 Å². The summed E-state index contributed by atoms with van der Waals surface area (Å²) in [6.07, 6.45) is 0. The van der Waals surface area contributed by atoms with Gasteiger partial charge in [0.25, 0.3) is 0 Å². The van der Waals surface area contributed by atoms with Crippen molar-refractivity contribution in [3.05, 3.63) is 136 Å². The first-order valence-corrected chi connectivity index (χ1v) is 13.2. The van der Waals surface area contributed by atoms with Crippen molar-refractivity contribution in [3.8, 4) is 0 Å². The lowest BCUT2D eigenvalue weighted by Gasteiger charge is -2.31. The number of carbonyl (C=O) groups is 3. The number of nitrogens with one attached hydrogen (secondary N) is 1. The summed E-state index contributed by atoms with van der Waals surface area (Å²) < 4.78 is 14.0. The Morgan fingerprint density at radius 2 is 1.50 bits per heavy atom. The summed E-state index contributed by atoms with van der Waals surface area (Å²) in [5, 5.41) is 3.33. The van der Waals surface area contributed by atoms with Crippen molar-refractivity contribution in [2.24, 2.45) is 11.7 Å². The summed E-state index contributed by atoms with van der Waals surface area (Å²) in [7, 11) is 0. The molecule has 0 aromatic heterocycles. The van der Waals surface area contributed by atoms with E-state index in [1.54, 1.807) is 66.7 Å². The average Bonchev–Trinajstić information content (AvgIpc) is 3.30. The fourth-order valence-corrected chi connectivity index (χ4v) is 5.71. The molecule has 1 saturated heterocycles. The number of amides is 3. The van der Waals surface area contributed by atoms with Crippen molar-refractivity contribution in [3.63, 3.8) is 0 Å². The highest BCUT2D eigenvalue weighted by Gasteiger charge is 2.57. The standard InChI is InChI=1S/C32H27ClFN3O3/c1-19-6-5-7-22(18-19)30(38)27-26(20-12-16-24(34)17-13-20)29(31(35)39)37(28(27)21-10-14-23(33)15-11-21)32(40)36-25-8-3-2-4-9-25/h2-18,26-29H,1H3,(H2,35,39)(H,36,40). The first-order valence-electron chi connectivity index (χ1n) is 12.8. The second kappa shape index (κ2) is 11.3. The molecule has 6 nitrogen and oxygen atoms in total. The van der Waals surface area contributed by atoms with Gasteiger partial charge in [0.1, 0.15) is 11.9 Å². The third-order valence-electron chi connectivity index (χ3n) is 7.29. The van der Waals surface area contributed by atoms with Crippen LogP contribution in [0.4, 0.5) is 14.9 Å². The number of aryl methyl sites for hydroxylation is 1. The Morgan fingerprint density at radius 3 is 2.12 bits per heavy atom. The molecular weight excluding hydrogens is 529 g/mol. The molecule has 3 N–H and O–H groups in total. The van der Waals surface area contributed by atoms with Crippen LogP contribution in [0.2, 0.25) is 5.02 Å². The van der Waals surface area contributed by atoms with Gasteiger partial charge in [-0.2, -0.15) is 0 Å². The number of Topliss-reactive ketones (excluding diaryl/α,β-unsaturated/α-hetero) is 1. The molecule has 0 bridgehead atoms. The highest BCUT2D eigenvalue weighted by Crippen LogP contribution is 2.51. The molecule has 0 saturated carbocycles. The topological polar surface area (TPSA) is 92.5 Å². The van der Waals surface area contributed by atoms with Gasteiger partial charge in [-0.25, -0.2) is 9.18 Å². The molecule has 0 radical (unpaired) electrons. The second-order valence-corrected chi connectivity index (χ2v) is 10.3. The van der Waals surface area contributed by atoms with Gasteiger partial charge in [0.15, 0.2) is 5.78 Å². The van der Waals surface area contributed by atoms with Crippen molar-refractivity contribution in [2.75, 3.05) is 5.32 Å². The molecule has 8 heteroatoms. The van der Waals surface area contributed by atoms with Gasteiger partial charge in [0, 0.05) is 22.2 Å². The number of hydrogen-bond acceptors (Lipinski definition) is 3. The van der Waals surface area contributed by atoms with E-state index in [0.29, 0.717) is 27.4 Å². The van der Waals surface area contributed by atoms with Gasteiger partial charge in [0.2, 0.25) is 5.91 Å². The normalized spacial score (nSPS) is 20.2. The number of nitrogens with two attached hydrogens (primary N) is 1. The Kier molecular flexibility index (Phi) is 7.67. The van der Waals surface area contributed by atoms with E-state index in [2.05, 4.69) is 5.32 Å².